The van der Waals surface area contributed by atoms with Gasteiger partial charge in [0.15, 0.2) is 0 Å². The molecule has 1 aliphatic heterocycles. The molecule has 2 atom stereocenters. The van der Waals surface area contributed by atoms with Crippen molar-refractivity contribution in [2.45, 2.75) is 32.4 Å². The number of hydrogen-bond acceptors (Lipinski definition) is 5. The van der Waals surface area contributed by atoms with Crippen molar-refractivity contribution in [2.24, 2.45) is 0 Å². The molecule has 15 heavy (non-hydrogen) atoms. The lowest BCUT2D eigenvalue weighted by Gasteiger charge is -2.15. The Morgan fingerprint density at radius 1 is 1.67 bits per heavy atom. The first-order valence-electron chi connectivity index (χ1n) is 4.97. The summed E-state index contributed by atoms with van der Waals surface area (Å²) < 4.78 is 9.63. The molecule has 1 N–H and O–H groups in total. The Morgan fingerprint density at radius 3 is 3.07 bits per heavy atom. The van der Waals surface area contributed by atoms with Crippen LogP contribution in [0.2, 0.25) is 0 Å². The van der Waals surface area contributed by atoms with Crippen LogP contribution in [0.5, 0.6) is 0 Å². The maximum Gasteiger partial charge on any atom is 0.128 e. The van der Waals surface area contributed by atoms with Gasteiger partial charge in [-0.1, -0.05) is 0 Å². The summed E-state index contributed by atoms with van der Waals surface area (Å²) in [6.45, 7) is 4.69. The van der Waals surface area contributed by atoms with Gasteiger partial charge in [-0.2, -0.15) is 9.64 Å². The smallest absolute Gasteiger partial charge is 0.128 e. The fourth-order valence-electron chi connectivity index (χ4n) is 1.69. The first-order chi connectivity index (χ1) is 7.22. The van der Waals surface area contributed by atoms with Gasteiger partial charge in [0, 0.05) is 6.61 Å². The lowest BCUT2D eigenvalue weighted by Crippen LogP contribution is -2.26. The van der Waals surface area contributed by atoms with Crippen molar-refractivity contribution >= 4 is 16.5 Å². The molecule has 0 amide bonds. The van der Waals surface area contributed by atoms with Crippen LogP contribution in [-0.2, 0) is 4.74 Å². The number of aryl methyl sites for hydroxylation is 1. The number of anilines is 1. The minimum Gasteiger partial charge on any atom is -0.376 e. The molecule has 1 aromatic heterocycles. The molecule has 0 radical (unpaired) electrons. The summed E-state index contributed by atoms with van der Waals surface area (Å²) in [5, 5.41) is 13.2. The van der Waals surface area contributed by atoms with Gasteiger partial charge in [-0.15, -0.1) is 0 Å². The molecular weight excluding hydrogens is 210 g/mol. The Balaban J connectivity index is 2.14. The molecule has 5 heteroatoms. The topological polar surface area (TPSA) is 57.9 Å². The highest BCUT2D eigenvalue weighted by atomic mass is 32.1. The highest BCUT2D eigenvalue weighted by Crippen LogP contribution is 2.27. The molecule has 1 aliphatic rings. The highest BCUT2D eigenvalue weighted by Gasteiger charge is 2.25. The zero-order chi connectivity index (χ0) is 10.8. The monoisotopic (exact) mass is 223 g/mol. The molecule has 80 valence electrons. The van der Waals surface area contributed by atoms with Crippen molar-refractivity contribution in [3.05, 3.63) is 11.3 Å². The van der Waals surface area contributed by atoms with Crippen LogP contribution >= 0.6 is 11.5 Å². The van der Waals surface area contributed by atoms with Crippen LogP contribution < -0.4 is 5.32 Å². The van der Waals surface area contributed by atoms with Gasteiger partial charge in [0.2, 0.25) is 0 Å². The SMILES string of the molecule is Cc1nsc(NC2CCOC2C)c1C#N. The van der Waals surface area contributed by atoms with Crippen molar-refractivity contribution in [2.75, 3.05) is 11.9 Å². The van der Waals surface area contributed by atoms with Crippen LogP contribution in [0.3, 0.4) is 0 Å². The molecule has 2 rings (SSSR count). The first-order valence-corrected chi connectivity index (χ1v) is 5.74. The van der Waals surface area contributed by atoms with Crippen molar-refractivity contribution in [3.63, 3.8) is 0 Å². The number of nitrogens with zero attached hydrogens (tertiary/aromatic N) is 2. The fourth-order valence-corrected chi connectivity index (χ4v) is 2.50. The molecule has 0 aromatic carbocycles. The molecular formula is C10H13N3OS. The van der Waals surface area contributed by atoms with Crippen molar-refractivity contribution < 1.29 is 4.74 Å². The van der Waals surface area contributed by atoms with Crippen molar-refractivity contribution in [3.8, 4) is 6.07 Å². The predicted octanol–water partition coefficient (Wildman–Crippen LogP) is 1.91. The molecule has 1 fully saturated rings. The average Bonchev–Trinajstić information content (AvgIpc) is 2.76. The van der Waals surface area contributed by atoms with Crippen molar-refractivity contribution in [1.29, 1.82) is 5.26 Å². The van der Waals surface area contributed by atoms with Gasteiger partial charge in [0.25, 0.3) is 0 Å². The maximum atomic E-state index is 8.97. The van der Waals surface area contributed by atoms with E-state index >= 15 is 0 Å². The zero-order valence-electron chi connectivity index (χ0n) is 8.78. The molecule has 4 nitrogen and oxygen atoms in total. The summed E-state index contributed by atoms with van der Waals surface area (Å²) in [5.74, 6) is 0. The summed E-state index contributed by atoms with van der Waals surface area (Å²) in [6.07, 6.45) is 1.20. The van der Waals surface area contributed by atoms with E-state index in [2.05, 4.69) is 15.8 Å². The average molecular weight is 223 g/mol. The summed E-state index contributed by atoms with van der Waals surface area (Å²) in [7, 11) is 0. The normalized spacial score (nSPS) is 25.1. The lowest BCUT2D eigenvalue weighted by atomic mass is 10.1. The van der Waals surface area contributed by atoms with Crippen LogP contribution in [0.15, 0.2) is 0 Å². The van der Waals surface area contributed by atoms with E-state index in [0.717, 1.165) is 23.7 Å². The van der Waals surface area contributed by atoms with Gasteiger partial charge in [-0.05, 0) is 31.8 Å². The molecule has 1 saturated heterocycles. The van der Waals surface area contributed by atoms with E-state index in [0.29, 0.717) is 11.6 Å². The van der Waals surface area contributed by atoms with Gasteiger partial charge < -0.3 is 10.1 Å². The molecule has 1 aromatic rings. The third kappa shape index (κ3) is 1.96. The highest BCUT2D eigenvalue weighted by molar-refractivity contribution is 7.10. The quantitative estimate of drug-likeness (QED) is 0.832. The largest absolute Gasteiger partial charge is 0.376 e. The van der Waals surface area contributed by atoms with E-state index in [-0.39, 0.29) is 6.10 Å². The van der Waals surface area contributed by atoms with Crippen LogP contribution in [0, 0.1) is 18.3 Å². The lowest BCUT2D eigenvalue weighted by molar-refractivity contribution is 0.121. The van der Waals surface area contributed by atoms with E-state index < -0.39 is 0 Å². The second kappa shape index (κ2) is 4.17. The molecule has 0 spiro atoms. The van der Waals surface area contributed by atoms with Gasteiger partial charge in [-0.25, -0.2) is 0 Å². The van der Waals surface area contributed by atoms with Crippen LogP contribution in [0.1, 0.15) is 24.6 Å². The van der Waals surface area contributed by atoms with Gasteiger partial charge in [0.1, 0.15) is 16.6 Å². The van der Waals surface area contributed by atoms with Gasteiger partial charge >= 0.3 is 0 Å². The second-order valence-electron chi connectivity index (χ2n) is 3.70. The molecule has 0 aliphatic carbocycles. The van der Waals surface area contributed by atoms with Gasteiger partial charge in [-0.3, -0.25) is 0 Å². The number of ether oxygens (including phenoxy) is 1. The van der Waals surface area contributed by atoms with Crippen LogP contribution in [0.4, 0.5) is 5.00 Å². The Hall–Kier alpha value is -1.12. The summed E-state index contributed by atoms with van der Waals surface area (Å²) >= 11 is 1.35. The van der Waals surface area contributed by atoms with E-state index in [4.69, 9.17) is 10.00 Å². The van der Waals surface area contributed by atoms with E-state index in [1.54, 1.807) is 0 Å². The number of hydrogen-bond donors (Lipinski definition) is 1. The Kier molecular flexibility index (Phi) is 2.89. The Morgan fingerprint density at radius 2 is 2.47 bits per heavy atom. The zero-order valence-corrected chi connectivity index (χ0v) is 9.60. The predicted molar refractivity (Wildman–Crippen MR) is 59.0 cm³/mol. The standard InChI is InChI=1S/C10H13N3OS/c1-6-8(5-11)10(15-13-6)12-9-3-4-14-7(9)2/h7,9,12H,3-4H2,1-2H3. The van der Waals surface area contributed by atoms with Crippen LogP contribution in [0.25, 0.3) is 0 Å². The number of aromatic nitrogens is 1. The molecule has 0 bridgehead atoms. The van der Waals surface area contributed by atoms with Crippen LogP contribution in [-0.4, -0.2) is 23.1 Å². The molecule has 2 unspecified atom stereocenters. The minimum absolute atomic E-state index is 0.207. The summed E-state index contributed by atoms with van der Waals surface area (Å²) in [6, 6.07) is 2.48. The third-order valence-corrected chi connectivity index (χ3v) is 3.54. The Labute approximate surface area is 93.0 Å². The number of nitriles is 1. The van der Waals surface area contributed by atoms with Gasteiger partial charge in [0.05, 0.1) is 17.8 Å². The minimum atomic E-state index is 0.207. The first kappa shape index (κ1) is 10.4. The maximum absolute atomic E-state index is 8.97. The summed E-state index contributed by atoms with van der Waals surface area (Å²) in [5.41, 5.74) is 1.47. The fraction of sp³-hybridized carbons (Fsp3) is 0.600. The van der Waals surface area contributed by atoms with E-state index in [1.165, 1.54) is 11.5 Å². The van der Waals surface area contributed by atoms with E-state index in [9.17, 15) is 0 Å². The Bertz CT molecular complexity index is 396. The van der Waals surface area contributed by atoms with Crippen molar-refractivity contribution in [1.82, 2.24) is 4.37 Å². The molecule has 0 saturated carbocycles. The number of nitrogens with one attached hydrogen (secondary N) is 1. The summed E-state index contributed by atoms with van der Waals surface area (Å²) in [4.78, 5) is 0. The third-order valence-electron chi connectivity index (χ3n) is 2.67. The number of rotatable bonds is 2. The van der Waals surface area contributed by atoms with E-state index in [1.807, 2.05) is 13.8 Å². The molecule has 2 heterocycles. The second-order valence-corrected chi connectivity index (χ2v) is 4.47.